The molecule has 1 aromatic carbocycles. The van der Waals surface area contributed by atoms with Crippen molar-refractivity contribution in [2.24, 2.45) is 17.1 Å². The van der Waals surface area contributed by atoms with E-state index in [2.05, 4.69) is 57.2 Å². The van der Waals surface area contributed by atoms with Crippen LogP contribution in [0.1, 0.15) is 26.3 Å². The van der Waals surface area contributed by atoms with Crippen molar-refractivity contribution in [1.29, 1.82) is 0 Å². The fourth-order valence-corrected chi connectivity index (χ4v) is 3.17. The highest BCUT2D eigenvalue weighted by atomic mass is 16.5. The van der Waals surface area contributed by atoms with E-state index < -0.39 is 0 Å². The van der Waals surface area contributed by atoms with Crippen LogP contribution in [0.15, 0.2) is 60.0 Å². The molecule has 1 aromatic rings. The van der Waals surface area contributed by atoms with Crippen LogP contribution in [0.3, 0.4) is 0 Å². The third-order valence-corrected chi connectivity index (χ3v) is 4.38. The van der Waals surface area contributed by atoms with E-state index in [0.29, 0.717) is 5.92 Å². The third kappa shape index (κ3) is 1.79. The number of benzene rings is 1. The summed E-state index contributed by atoms with van der Waals surface area (Å²) in [6.45, 7) is 6.54. The summed E-state index contributed by atoms with van der Waals surface area (Å²) in [5.74, 6) is 0.391. The van der Waals surface area contributed by atoms with Crippen LogP contribution in [0.2, 0.25) is 0 Å². The van der Waals surface area contributed by atoms with E-state index in [-0.39, 0.29) is 11.5 Å². The summed E-state index contributed by atoms with van der Waals surface area (Å²) >= 11 is 0. The minimum absolute atomic E-state index is 0.0832. The molecule has 1 aliphatic heterocycles. The van der Waals surface area contributed by atoms with Gasteiger partial charge in [0, 0.05) is 0 Å². The molecule has 0 saturated heterocycles. The van der Waals surface area contributed by atoms with Gasteiger partial charge in [0.05, 0.1) is 17.4 Å². The van der Waals surface area contributed by atoms with E-state index in [4.69, 9.17) is 10.5 Å². The summed E-state index contributed by atoms with van der Waals surface area (Å²) in [5, 5.41) is 0. The molecule has 2 aliphatic rings. The van der Waals surface area contributed by atoms with E-state index in [0.717, 1.165) is 5.70 Å². The molecular weight excluding hydrogens is 246 g/mol. The summed E-state index contributed by atoms with van der Waals surface area (Å²) < 4.78 is 5.80. The lowest BCUT2D eigenvalue weighted by atomic mass is 9.69. The number of rotatable bonds is 2. The zero-order chi connectivity index (χ0) is 14.3. The minimum atomic E-state index is -0.177. The van der Waals surface area contributed by atoms with Crippen LogP contribution in [0.25, 0.3) is 5.57 Å². The largest absolute Gasteiger partial charge is 0.491 e. The van der Waals surface area contributed by atoms with Gasteiger partial charge < -0.3 is 10.5 Å². The summed E-state index contributed by atoms with van der Waals surface area (Å²) in [7, 11) is 0. The Morgan fingerprint density at radius 2 is 1.90 bits per heavy atom. The first kappa shape index (κ1) is 13.0. The molecule has 3 rings (SSSR count). The standard InChI is InChI=1S/C18H21NO/c1-12(2)14-11-15(13-7-5-4-6-8-13)18(3)9-10-20-17(18)16(14)19/h4-12,17H,19H2,1-3H3. The lowest BCUT2D eigenvalue weighted by Gasteiger charge is -2.37. The predicted octanol–water partition coefficient (Wildman–Crippen LogP) is 3.87. The molecule has 2 nitrogen and oxygen atoms in total. The Kier molecular flexibility index (Phi) is 2.97. The summed E-state index contributed by atoms with van der Waals surface area (Å²) in [6, 6.07) is 10.5. The van der Waals surface area contributed by atoms with Crippen LogP contribution < -0.4 is 5.73 Å². The van der Waals surface area contributed by atoms with E-state index >= 15 is 0 Å². The van der Waals surface area contributed by atoms with E-state index in [1.165, 1.54) is 16.7 Å². The van der Waals surface area contributed by atoms with Crippen LogP contribution in [0.5, 0.6) is 0 Å². The molecule has 0 fully saturated rings. The maximum Gasteiger partial charge on any atom is 0.150 e. The lowest BCUT2D eigenvalue weighted by Crippen LogP contribution is -2.38. The number of fused-ring (bicyclic) bond motifs is 1. The maximum atomic E-state index is 6.36. The maximum absolute atomic E-state index is 6.36. The summed E-state index contributed by atoms with van der Waals surface area (Å²) in [4.78, 5) is 0. The summed E-state index contributed by atoms with van der Waals surface area (Å²) in [5.41, 5.74) is 10.8. The Labute approximate surface area is 120 Å². The predicted molar refractivity (Wildman–Crippen MR) is 82.6 cm³/mol. The van der Waals surface area contributed by atoms with Crippen molar-refractivity contribution >= 4 is 5.57 Å². The number of allylic oxidation sites excluding steroid dienone is 2. The van der Waals surface area contributed by atoms with Gasteiger partial charge in [-0.25, -0.2) is 0 Å². The molecule has 1 aliphatic carbocycles. The molecule has 2 unspecified atom stereocenters. The molecule has 104 valence electrons. The zero-order valence-corrected chi connectivity index (χ0v) is 12.3. The Morgan fingerprint density at radius 1 is 1.20 bits per heavy atom. The molecule has 0 bridgehead atoms. The van der Waals surface area contributed by atoms with Gasteiger partial charge in [0.1, 0.15) is 0 Å². The second-order valence-electron chi connectivity index (χ2n) is 6.09. The molecule has 0 spiro atoms. The van der Waals surface area contributed by atoms with Crippen molar-refractivity contribution in [3.63, 3.8) is 0 Å². The van der Waals surface area contributed by atoms with Gasteiger partial charge in [-0.2, -0.15) is 0 Å². The van der Waals surface area contributed by atoms with Crippen molar-refractivity contribution in [2.45, 2.75) is 26.9 Å². The molecule has 0 radical (unpaired) electrons. The molecular formula is C18H21NO. The SMILES string of the molecule is CC(C)C1=C(N)C2OC=CC2(C)C(c2ccccc2)=C1. The normalized spacial score (nSPS) is 28.4. The molecule has 2 heteroatoms. The minimum Gasteiger partial charge on any atom is -0.491 e. The van der Waals surface area contributed by atoms with E-state index in [9.17, 15) is 0 Å². The topological polar surface area (TPSA) is 35.2 Å². The summed E-state index contributed by atoms with van der Waals surface area (Å²) in [6.07, 6.45) is 6.09. The number of hydrogen-bond acceptors (Lipinski definition) is 2. The Morgan fingerprint density at radius 3 is 2.55 bits per heavy atom. The highest BCUT2D eigenvalue weighted by Gasteiger charge is 2.45. The van der Waals surface area contributed by atoms with Gasteiger partial charge in [0.25, 0.3) is 0 Å². The Hall–Kier alpha value is -1.96. The van der Waals surface area contributed by atoms with Crippen molar-refractivity contribution in [2.75, 3.05) is 0 Å². The van der Waals surface area contributed by atoms with Crippen LogP contribution >= 0.6 is 0 Å². The van der Waals surface area contributed by atoms with Crippen molar-refractivity contribution in [3.05, 3.63) is 65.6 Å². The quantitative estimate of drug-likeness (QED) is 0.882. The van der Waals surface area contributed by atoms with Crippen LogP contribution in [0.4, 0.5) is 0 Å². The lowest BCUT2D eigenvalue weighted by molar-refractivity contribution is 0.142. The Bertz CT molecular complexity index is 610. The fraction of sp³-hybridized carbons (Fsp3) is 0.333. The average Bonchev–Trinajstić information content (AvgIpc) is 2.83. The van der Waals surface area contributed by atoms with Crippen molar-refractivity contribution in [3.8, 4) is 0 Å². The molecule has 0 aromatic heterocycles. The molecule has 1 heterocycles. The van der Waals surface area contributed by atoms with Crippen molar-refractivity contribution in [1.82, 2.24) is 0 Å². The molecule has 2 atom stereocenters. The highest BCUT2D eigenvalue weighted by molar-refractivity contribution is 5.78. The highest BCUT2D eigenvalue weighted by Crippen LogP contribution is 2.50. The van der Waals surface area contributed by atoms with Gasteiger partial charge in [0.15, 0.2) is 6.10 Å². The van der Waals surface area contributed by atoms with Gasteiger partial charge in [0.2, 0.25) is 0 Å². The first-order chi connectivity index (χ1) is 9.54. The Balaban J connectivity index is 2.19. The number of ether oxygens (including phenoxy) is 1. The van der Waals surface area contributed by atoms with Crippen LogP contribution in [-0.2, 0) is 4.74 Å². The zero-order valence-electron chi connectivity index (χ0n) is 12.3. The monoisotopic (exact) mass is 267 g/mol. The van der Waals surface area contributed by atoms with Crippen LogP contribution in [0, 0.1) is 11.3 Å². The van der Waals surface area contributed by atoms with Gasteiger partial charge in [-0.05, 0) is 35.6 Å². The molecule has 20 heavy (non-hydrogen) atoms. The second-order valence-corrected chi connectivity index (χ2v) is 6.09. The molecule has 0 saturated carbocycles. The van der Waals surface area contributed by atoms with E-state index in [1.807, 2.05) is 6.07 Å². The number of nitrogens with two attached hydrogens (primary N) is 1. The average molecular weight is 267 g/mol. The second kappa shape index (κ2) is 4.55. The third-order valence-electron chi connectivity index (χ3n) is 4.38. The molecule has 0 amide bonds. The first-order valence-corrected chi connectivity index (χ1v) is 7.14. The van der Waals surface area contributed by atoms with Gasteiger partial charge in [-0.15, -0.1) is 0 Å². The fourth-order valence-electron chi connectivity index (χ4n) is 3.17. The van der Waals surface area contributed by atoms with Crippen molar-refractivity contribution < 1.29 is 4.74 Å². The smallest absolute Gasteiger partial charge is 0.150 e. The number of hydrogen-bond donors (Lipinski definition) is 1. The first-order valence-electron chi connectivity index (χ1n) is 7.14. The molecule has 2 N–H and O–H groups in total. The van der Waals surface area contributed by atoms with E-state index in [1.54, 1.807) is 6.26 Å². The van der Waals surface area contributed by atoms with Crippen LogP contribution in [-0.4, -0.2) is 6.10 Å². The van der Waals surface area contributed by atoms with Gasteiger partial charge in [-0.3, -0.25) is 0 Å². The van der Waals surface area contributed by atoms with Gasteiger partial charge in [-0.1, -0.05) is 50.3 Å². The van der Waals surface area contributed by atoms with Gasteiger partial charge >= 0.3 is 0 Å².